The second kappa shape index (κ2) is 6.06. The number of hydrogen-bond acceptors (Lipinski definition) is 3. The molecule has 0 saturated carbocycles. The summed E-state index contributed by atoms with van der Waals surface area (Å²) in [7, 11) is 1.62. The Morgan fingerprint density at radius 1 is 1.47 bits per heavy atom. The SMILES string of the molecule is COc1ccc(C)cc1NC(=O)C1CCCNC1C. The fourth-order valence-corrected chi connectivity index (χ4v) is 2.55. The van der Waals surface area contributed by atoms with Crippen LogP contribution in [0.3, 0.4) is 0 Å². The summed E-state index contributed by atoms with van der Waals surface area (Å²) in [6.07, 6.45) is 1.99. The first-order chi connectivity index (χ1) is 9.11. The molecule has 1 heterocycles. The van der Waals surface area contributed by atoms with Crippen molar-refractivity contribution in [1.29, 1.82) is 0 Å². The number of amides is 1. The normalized spacial score (nSPS) is 22.9. The monoisotopic (exact) mass is 262 g/mol. The molecule has 2 unspecified atom stereocenters. The molecule has 0 bridgehead atoms. The number of ether oxygens (including phenoxy) is 1. The van der Waals surface area contributed by atoms with E-state index in [4.69, 9.17) is 4.74 Å². The van der Waals surface area contributed by atoms with Crippen molar-refractivity contribution in [2.24, 2.45) is 5.92 Å². The maximum atomic E-state index is 12.4. The summed E-state index contributed by atoms with van der Waals surface area (Å²) in [4.78, 5) is 12.4. The molecule has 4 heteroatoms. The van der Waals surface area contributed by atoms with Crippen LogP contribution in [0.5, 0.6) is 5.75 Å². The first-order valence-corrected chi connectivity index (χ1v) is 6.80. The molecule has 2 N–H and O–H groups in total. The molecule has 1 fully saturated rings. The Balaban J connectivity index is 2.11. The lowest BCUT2D eigenvalue weighted by atomic mass is 9.91. The van der Waals surface area contributed by atoms with Gasteiger partial charge in [-0.15, -0.1) is 0 Å². The van der Waals surface area contributed by atoms with E-state index < -0.39 is 0 Å². The van der Waals surface area contributed by atoms with E-state index in [0.717, 1.165) is 30.6 Å². The topological polar surface area (TPSA) is 50.4 Å². The lowest BCUT2D eigenvalue weighted by Crippen LogP contribution is -2.44. The van der Waals surface area contributed by atoms with Crippen LogP contribution < -0.4 is 15.4 Å². The number of carbonyl (C=O) groups is 1. The minimum Gasteiger partial charge on any atom is -0.495 e. The van der Waals surface area contributed by atoms with E-state index in [1.54, 1.807) is 7.11 Å². The van der Waals surface area contributed by atoms with Crippen molar-refractivity contribution in [3.8, 4) is 5.75 Å². The first-order valence-electron chi connectivity index (χ1n) is 6.80. The second-order valence-electron chi connectivity index (χ2n) is 5.18. The maximum Gasteiger partial charge on any atom is 0.229 e. The Bertz CT molecular complexity index is 459. The van der Waals surface area contributed by atoms with Gasteiger partial charge < -0.3 is 15.4 Å². The smallest absolute Gasteiger partial charge is 0.229 e. The average Bonchev–Trinajstić information content (AvgIpc) is 2.39. The van der Waals surface area contributed by atoms with Gasteiger partial charge in [0, 0.05) is 6.04 Å². The van der Waals surface area contributed by atoms with E-state index in [9.17, 15) is 4.79 Å². The van der Waals surface area contributed by atoms with Gasteiger partial charge in [0.2, 0.25) is 5.91 Å². The molecule has 1 aliphatic rings. The Morgan fingerprint density at radius 2 is 2.26 bits per heavy atom. The zero-order valence-corrected chi connectivity index (χ0v) is 11.8. The maximum absolute atomic E-state index is 12.4. The highest BCUT2D eigenvalue weighted by Crippen LogP contribution is 2.27. The standard InChI is InChI=1S/C15H22N2O2/c1-10-6-7-14(19-3)13(9-10)17-15(18)12-5-4-8-16-11(12)2/h6-7,9,11-12,16H,4-5,8H2,1-3H3,(H,17,18). The van der Waals surface area contributed by atoms with Gasteiger partial charge in [-0.1, -0.05) is 6.07 Å². The predicted octanol–water partition coefficient (Wildman–Crippen LogP) is 2.33. The highest BCUT2D eigenvalue weighted by atomic mass is 16.5. The van der Waals surface area contributed by atoms with Crippen molar-refractivity contribution in [2.75, 3.05) is 19.0 Å². The van der Waals surface area contributed by atoms with Gasteiger partial charge in [-0.2, -0.15) is 0 Å². The highest BCUT2D eigenvalue weighted by Gasteiger charge is 2.27. The van der Waals surface area contributed by atoms with E-state index in [-0.39, 0.29) is 17.9 Å². The second-order valence-corrected chi connectivity index (χ2v) is 5.18. The van der Waals surface area contributed by atoms with Gasteiger partial charge >= 0.3 is 0 Å². The van der Waals surface area contributed by atoms with Crippen molar-refractivity contribution < 1.29 is 9.53 Å². The summed E-state index contributed by atoms with van der Waals surface area (Å²) in [6, 6.07) is 6.02. The fraction of sp³-hybridized carbons (Fsp3) is 0.533. The van der Waals surface area contributed by atoms with Crippen LogP contribution in [-0.4, -0.2) is 25.6 Å². The summed E-state index contributed by atoms with van der Waals surface area (Å²) in [5.41, 5.74) is 1.86. The molecule has 4 nitrogen and oxygen atoms in total. The van der Waals surface area contributed by atoms with E-state index in [0.29, 0.717) is 5.75 Å². The van der Waals surface area contributed by atoms with Crippen molar-refractivity contribution in [1.82, 2.24) is 5.32 Å². The van der Waals surface area contributed by atoms with Crippen molar-refractivity contribution in [3.63, 3.8) is 0 Å². The fourth-order valence-electron chi connectivity index (χ4n) is 2.55. The van der Waals surface area contributed by atoms with Gasteiger partial charge in [0.25, 0.3) is 0 Å². The number of aryl methyl sites for hydroxylation is 1. The molecule has 0 aliphatic carbocycles. The van der Waals surface area contributed by atoms with Crippen molar-refractivity contribution >= 4 is 11.6 Å². The van der Waals surface area contributed by atoms with Crippen LogP contribution in [0.4, 0.5) is 5.69 Å². The van der Waals surface area contributed by atoms with Crippen LogP contribution in [-0.2, 0) is 4.79 Å². The average molecular weight is 262 g/mol. The van der Waals surface area contributed by atoms with Gasteiger partial charge in [0.05, 0.1) is 18.7 Å². The van der Waals surface area contributed by atoms with E-state index >= 15 is 0 Å². The Morgan fingerprint density at radius 3 is 2.95 bits per heavy atom. The summed E-state index contributed by atoms with van der Waals surface area (Å²) in [5, 5.41) is 6.35. The molecule has 1 aromatic rings. The van der Waals surface area contributed by atoms with E-state index in [1.165, 1.54) is 0 Å². The third kappa shape index (κ3) is 3.26. The van der Waals surface area contributed by atoms with Crippen LogP contribution in [0.15, 0.2) is 18.2 Å². The van der Waals surface area contributed by atoms with Crippen LogP contribution in [0.1, 0.15) is 25.3 Å². The summed E-state index contributed by atoms with van der Waals surface area (Å²) < 4.78 is 5.29. The number of benzene rings is 1. The molecule has 0 radical (unpaired) electrons. The number of methoxy groups -OCH3 is 1. The van der Waals surface area contributed by atoms with E-state index in [1.807, 2.05) is 25.1 Å². The summed E-state index contributed by atoms with van der Waals surface area (Å²) >= 11 is 0. The van der Waals surface area contributed by atoms with Crippen molar-refractivity contribution in [2.45, 2.75) is 32.7 Å². The lowest BCUT2D eigenvalue weighted by molar-refractivity contribution is -0.121. The summed E-state index contributed by atoms with van der Waals surface area (Å²) in [5.74, 6) is 0.804. The molecule has 2 atom stereocenters. The molecule has 104 valence electrons. The molecular formula is C15H22N2O2. The highest BCUT2D eigenvalue weighted by molar-refractivity contribution is 5.94. The largest absolute Gasteiger partial charge is 0.495 e. The molecule has 1 aliphatic heterocycles. The number of piperidine rings is 1. The predicted molar refractivity (Wildman–Crippen MR) is 76.5 cm³/mol. The Kier molecular flexibility index (Phi) is 4.43. The third-order valence-corrected chi connectivity index (χ3v) is 3.71. The van der Waals surface area contributed by atoms with Gasteiger partial charge in [-0.05, 0) is 50.9 Å². The zero-order chi connectivity index (χ0) is 13.8. The molecule has 1 aromatic carbocycles. The zero-order valence-electron chi connectivity index (χ0n) is 11.8. The van der Waals surface area contributed by atoms with Gasteiger partial charge in [0.1, 0.15) is 5.75 Å². The van der Waals surface area contributed by atoms with Crippen molar-refractivity contribution in [3.05, 3.63) is 23.8 Å². The number of anilines is 1. The number of nitrogens with one attached hydrogen (secondary N) is 2. The number of hydrogen-bond donors (Lipinski definition) is 2. The molecule has 2 rings (SSSR count). The minimum atomic E-state index is 0.0268. The molecular weight excluding hydrogens is 240 g/mol. The van der Waals surface area contributed by atoms with Gasteiger partial charge in [-0.25, -0.2) is 0 Å². The molecule has 1 saturated heterocycles. The molecule has 19 heavy (non-hydrogen) atoms. The Labute approximate surface area is 114 Å². The van der Waals surface area contributed by atoms with Crippen LogP contribution in [0.2, 0.25) is 0 Å². The first kappa shape index (κ1) is 13.9. The van der Waals surface area contributed by atoms with Crippen LogP contribution >= 0.6 is 0 Å². The lowest BCUT2D eigenvalue weighted by Gasteiger charge is -2.29. The minimum absolute atomic E-state index is 0.0268. The van der Waals surface area contributed by atoms with Crippen LogP contribution in [0.25, 0.3) is 0 Å². The van der Waals surface area contributed by atoms with Gasteiger partial charge in [0.15, 0.2) is 0 Å². The Hall–Kier alpha value is -1.55. The summed E-state index contributed by atoms with van der Waals surface area (Å²) in [6.45, 7) is 5.06. The van der Waals surface area contributed by atoms with Gasteiger partial charge in [-0.3, -0.25) is 4.79 Å². The van der Waals surface area contributed by atoms with E-state index in [2.05, 4.69) is 17.6 Å². The molecule has 1 amide bonds. The molecule has 0 spiro atoms. The number of carbonyl (C=O) groups excluding carboxylic acids is 1. The van der Waals surface area contributed by atoms with Crippen LogP contribution in [0, 0.1) is 12.8 Å². The number of rotatable bonds is 3. The quantitative estimate of drug-likeness (QED) is 0.879. The molecule has 0 aromatic heterocycles. The third-order valence-electron chi connectivity index (χ3n) is 3.71.